The van der Waals surface area contributed by atoms with E-state index in [9.17, 15) is 14.4 Å². The molecule has 0 saturated heterocycles. The quantitative estimate of drug-likeness (QED) is 0.782. The van der Waals surface area contributed by atoms with Gasteiger partial charge in [0.1, 0.15) is 0 Å². The molecule has 1 heterocycles. The molecule has 0 fully saturated rings. The van der Waals surface area contributed by atoms with Crippen LogP contribution in [-0.2, 0) is 9.59 Å². The van der Waals surface area contributed by atoms with E-state index in [0.717, 1.165) is 11.1 Å². The number of aryl methyl sites for hydroxylation is 2. The van der Waals surface area contributed by atoms with Crippen LogP contribution in [0.25, 0.3) is 0 Å². The highest BCUT2D eigenvalue weighted by atomic mass is 16.2. The molecular weight excluding hydrogens is 242 g/mol. The third kappa shape index (κ3) is 1.87. The van der Waals surface area contributed by atoms with E-state index in [2.05, 4.69) is 0 Å². The number of anilines is 1. The predicted octanol–water partition coefficient (Wildman–Crippen LogP) is 2.20. The Kier molecular flexibility index (Phi) is 3.27. The summed E-state index contributed by atoms with van der Waals surface area (Å²) in [7, 11) is 0. The van der Waals surface area contributed by atoms with Gasteiger partial charge in [0.2, 0.25) is 0 Å². The van der Waals surface area contributed by atoms with Gasteiger partial charge < -0.3 is 0 Å². The van der Waals surface area contributed by atoms with E-state index in [0.29, 0.717) is 17.7 Å². The molecule has 4 heteroatoms. The van der Waals surface area contributed by atoms with Gasteiger partial charge in [0.25, 0.3) is 11.7 Å². The van der Waals surface area contributed by atoms with Crippen LogP contribution < -0.4 is 4.90 Å². The summed E-state index contributed by atoms with van der Waals surface area (Å²) in [5, 5.41) is 0. The van der Waals surface area contributed by atoms with Crippen molar-refractivity contribution in [2.24, 2.45) is 0 Å². The lowest BCUT2D eigenvalue weighted by Gasteiger charge is -2.24. The fraction of sp³-hybridized carbons (Fsp3) is 0.400. The number of carbonyl (C=O) groups excluding carboxylic acids is 3. The van der Waals surface area contributed by atoms with Crippen molar-refractivity contribution >= 4 is 23.2 Å². The highest BCUT2D eigenvalue weighted by Gasteiger charge is 2.41. The van der Waals surface area contributed by atoms with Gasteiger partial charge in [-0.15, -0.1) is 0 Å². The molecule has 0 aromatic heterocycles. The van der Waals surface area contributed by atoms with E-state index in [1.54, 1.807) is 20.8 Å². The number of Topliss-reactive ketones (excluding diaryl/α,β-unsaturated/α-hetero) is 2. The van der Waals surface area contributed by atoms with Gasteiger partial charge in [-0.1, -0.05) is 19.1 Å². The van der Waals surface area contributed by atoms with E-state index < -0.39 is 17.7 Å². The summed E-state index contributed by atoms with van der Waals surface area (Å²) >= 11 is 0. The van der Waals surface area contributed by atoms with Crippen LogP contribution >= 0.6 is 0 Å². The molecule has 0 bridgehead atoms. The molecule has 19 heavy (non-hydrogen) atoms. The maximum absolute atomic E-state index is 12.2. The van der Waals surface area contributed by atoms with Crippen molar-refractivity contribution in [3.63, 3.8) is 0 Å². The van der Waals surface area contributed by atoms with Crippen LogP contribution in [0.2, 0.25) is 0 Å². The Balaban J connectivity index is 2.62. The lowest BCUT2D eigenvalue weighted by molar-refractivity contribution is -0.122. The minimum atomic E-state index is -0.596. The highest BCUT2D eigenvalue weighted by Crippen LogP contribution is 2.36. The Bertz CT molecular complexity index is 589. The molecule has 1 aromatic carbocycles. The molecule has 1 amide bonds. The van der Waals surface area contributed by atoms with Gasteiger partial charge in [-0.05, 0) is 31.9 Å². The van der Waals surface area contributed by atoms with Crippen LogP contribution in [0.3, 0.4) is 0 Å². The fourth-order valence-electron chi connectivity index (χ4n) is 2.52. The molecule has 0 saturated carbocycles. The second-order valence-corrected chi connectivity index (χ2v) is 4.92. The Morgan fingerprint density at radius 3 is 2.37 bits per heavy atom. The summed E-state index contributed by atoms with van der Waals surface area (Å²) in [5.41, 5.74) is 2.67. The number of fused-ring (bicyclic) bond motifs is 1. The van der Waals surface area contributed by atoms with E-state index in [1.807, 2.05) is 19.1 Å². The Hall–Kier alpha value is -1.97. The number of benzene rings is 1. The number of amides is 1. The molecular formula is C15H17NO3. The highest BCUT2D eigenvalue weighted by molar-refractivity contribution is 6.53. The standard InChI is InChI=1S/C15H17NO3/c1-5-11(17)10(4)16-13-9(3)7-6-8(2)12(13)14(18)15(16)19/h6-7,10H,5H2,1-4H3. The van der Waals surface area contributed by atoms with Crippen LogP contribution in [0.5, 0.6) is 0 Å². The minimum Gasteiger partial charge on any atom is -0.297 e. The average molecular weight is 259 g/mol. The number of ketones is 2. The maximum atomic E-state index is 12.2. The van der Waals surface area contributed by atoms with E-state index >= 15 is 0 Å². The van der Waals surface area contributed by atoms with Crippen molar-refractivity contribution in [2.45, 2.75) is 40.2 Å². The summed E-state index contributed by atoms with van der Waals surface area (Å²) in [6.07, 6.45) is 0.347. The third-order valence-corrected chi connectivity index (χ3v) is 3.67. The number of hydrogen-bond acceptors (Lipinski definition) is 3. The maximum Gasteiger partial charge on any atom is 0.300 e. The predicted molar refractivity (Wildman–Crippen MR) is 72.5 cm³/mol. The smallest absolute Gasteiger partial charge is 0.297 e. The van der Waals surface area contributed by atoms with Crippen molar-refractivity contribution in [3.8, 4) is 0 Å². The normalized spacial score (nSPS) is 15.7. The van der Waals surface area contributed by atoms with Crippen molar-refractivity contribution in [3.05, 3.63) is 28.8 Å². The van der Waals surface area contributed by atoms with Crippen LogP contribution in [0.15, 0.2) is 12.1 Å². The Morgan fingerprint density at radius 1 is 1.21 bits per heavy atom. The van der Waals surface area contributed by atoms with Gasteiger partial charge in [0.15, 0.2) is 5.78 Å². The zero-order chi connectivity index (χ0) is 14.3. The van der Waals surface area contributed by atoms with Crippen molar-refractivity contribution in [1.82, 2.24) is 0 Å². The molecule has 0 N–H and O–H groups in total. The zero-order valence-electron chi connectivity index (χ0n) is 11.6. The Morgan fingerprint density at radius 2 is 1.79 bits per heavy atom. The first-order chi connectivity index (χ1) is 8.90. The van der Waals surface area contributed by atoms with Crippen LogP contribution in [-0.4, -0.2) is 23.5 Å². The molecule has 0 aliphatic carbocycles. The van der Waals surface area contributed by atoms with Crippen LogP contribution in [0.4, 0.5) is 5.69 Å². The average Bonchev–Trinajstić information content (AvgIpc) is 2.66. The first-order valence-electron chi connectivity index (χ1n) is 6.41. The van der Waals surface area contributed by atoms with Crippen LogP contribution in [0.1, 0.15) is 41.8 Å². The number of rotatable bonds is 3. The monoisotopic (exact) mass is 259 g/mol. The molecule has 1 unspecified atom stereocenters. The topological polar surface area (TPSA) is 54.5 Å². The minimum absolute atomic E-state index is 0.0464. The van der Waals surface area contributed by atoms with E-state index in [4.69, 9.17) is 0 Å². The fourth-order valence-corrected chi connectivity index (χ4v) is 2.52. The molecule has 1 atom stereocenters. The lowest BCUT2D eigenvalue weighted by atomic mass is 10.0. The molecule has 2 rings (SSSR count). The largest absolute Gasteiger partial charge is 0.300 e. The van der Waals surface area contributed by atoms with Crippen molar-refractivity contribution in [2.75, 3.05) is 4.90 Å². The summed E-state index contributed by atoms with van der Waals surface area (Å²) < 4.78 is 0. The van der Waals surface area contributed by atoms with Gasteiger partial charge in [-0.3, -0.25) is 19.3 Å². The van der Waals surface area contributed by atoms with E-state index in [1.165, 1.54) is 4.90 Å². The molecule has 1 aliphatic heterocycles. The van der Waals surface area contributed by atoms with Gasteiger partial charge in [-0.25, -0.2) is 0 Å². The number of hydrogen-bond donors (Lipinski definition) is 0. The number of carbonyl (C=O) groups is 3. The molecule has 0 spiro atoms. The first kappa shape index (κ1) is 13.5. The Labute approximate surface area is 112 Å². The molecule has 0 radical (unpaired) electrons. The second kappa shape index (κ2) is 4.61. The molecule has 100 valence electrons. The molecule has 4 nitrogen and oxygen atoms in total. The van der Waals surface area contributed by atoms with Crippen LogP contribution in [0, 0.1) is 13.8 Å². The van der Waals surface area contributed by atoms with E-state index in [-0.39, 0.29) is 5.78 Å². The first-order valence-corrected chi connectivity index (χ1v) is 6.41. The van der Waals surface area contributed by atoms with Gasteiger partial charge >= 0.3 is 0 Å². The SMILES string of the molecule is CCC(=O)C(C)N1C(=O)C(=O)c2c(C)ccc(C)c21. The zero-order valence-corrected chi connectivity index (χ0v) is 11.6. The summed E-state index contributed by atoms with van der Waals surface area (Å²) in [4.78, 5) is 37.5. The lowest BCUT2D eigenvalue weighted by Crippen LogP contribution is -2.42. The van der Waals surface area contributed by atoms with Gasteiger partial charge in [0, 0.05) is 6.42 Å². The molecule has 1 aromatic rings. The number of nitrogens with zero attached hydrogens (tertiary/aromatic N) is 1. The third-order valence-electron chi connectivity index (χ3n) is 3.67. The van der Waals surface area contributed by atoms with Gasteiger partial charge in [0.05, 0.1) is 17.3 Å². The summed E-state index contributed by atoms with van der Waals surface area (Å²) in [5.74, 6) is -1.15. The second-order valence-electron chi connectivity index (χ2n) is 4.92. The molecule has 1 aliphatic rings. The summed E-state index contributed by atoms with van der Waals surface area (Å²) in [6.45, 7) is 7.08. The van der Waals surface area contributed by atoms with Gasteiger partial charge in [-0.2, -0.15) is 0 Å². The summed E-state index contributed by atoms with van der Waals surface area (Å²) in [6, 6.07) is 3.11. The van der Waals surface area contributed by atoms with Crippen molar-refractivity contribution in [1.29, 1.82) is 0 Å². The van der Waals surface area contributed by atoms with Crippen molar-refractivity contribution < 1.29 is 14.4 Å².